The first-order valence-electron chi connectivity index (χ1n) is 7.51. The van der Waals surface area contributed by atoms with Crippen LogP contribution >= 0.6 is 23.2 Å². The Bertz CT molecular complexity index is 654. The Morgan fingerprint density at radius 3 is 2.48 bits per heavy atom. The number of hydrogen-bond acceptors (Lipinski definition) is 2. The second kappa shape index (κ2) is 5.78. The number of ether oxygens (including phenoxy) is 1. The SMILES string of the molecule is CCC1(C(F)(F)F)C=Cc2cc(Cl)c(N3CCCC3)c(Cl)c2O1. The highest BCUT2D eigenvalue weighted by Gasteiger charge is 2.56. The van der Waals surface area contributed by atoms with Gasteiger partial charge in [-0.15, -0.1) is 0 Å². The first-order chi connectivity index (χ1) is 10.8. The Morgan fingerprint density at radius 2 is 1.91 bits per heavy atom. The van der Waals surface area contributed by atoms with Gasteiger partial charge in [-0.3, -0.25) is 0 Å². The highest BCUT2D eigenvalue weighted by atomic mass is 35.5. The largest absolute Gasteiger partial charge is 0.471 e. The Balaban J connectivity index is 2.10. The van der Waals surface area contributed by atoms with Crippen LogP contribution in [0.4, 0.5) is 18.9 Å². The highest BCUT2D eigenvalue weighted by molar-refractivity contribution is 6.40. The summed E-state index contributed by atoms with van der Waals surface area (Å²) in [6, 6.07) is 1.61. The zero-order chi connectivity index (χ0) is 16.8. The third kappa shape index (κ3) is 2.68. The Morgan fingerprint density at radius 1 is 1.26 bits per heavy atom. The van der Waals surface area contributed by atoms with E-state index in [0.29, 0.717) is 16.3 Å². The van der Waals surface area contributed by atoms with Crippen LogP contribution in [0, 0.1) is 0 Å². The van der Waals surface area contributed by atoms with Gasteiger partial charge in [-0.25, -0.2) is 0 Å². The van der Waals surface area contributed by atoms with Crippen LogP contribution in [-0.4, -0.2) is 24.9 Å². The van der Waals surface area contributed by atoms with Crippen LogP contribution in [-0.2, 0) is 0 Å². The summed E-state index contributed by atoms with van der Waals surface area (Å²) >= 11 is 12.7. The first kappa shape index (κ1) is 16.8. The summed E-state index contributed by atoms with van der Waals surface area (Å²) in [7, 11) is 0. The fourth-order valence-corrected chi connectivity index (χ4v) is 3.80. The maximum Gasteiger partial charge on any atom is 0.432 e. The van der Waals surface area contributed by atoms with Gasteiger partial charge >= 0.3 is 6.18 Å². The topological polar surface area (TPSA) is 12.5 Å². The fraction of sp³-hybridized carbons (Fsp3) is 0.500. The van der Waals surface area contributed by atoms with Crippen molar-refractivity contribution in [2.75, 3.05) is 18.0 Å². The van der Waals surface area contributed by atoms with Crippen molar-refractivity contribution in [2.45, 2.75) is 38.0 Å². The molecule has 0 saturated carbocycles. The predicted octanol–water partition coefficient (Wildman–Crippen LogP) is 5.71. The van der Waals surface area contributed by atoms with Gasteiger partial charge in [0.15, 0.2) is 0 Å². The number of rotatable bonds is 2. The van der Waals surface area contributed by atoms with Crippen molar-refractivity contribution in [3.8, 4) is 5.75 Å². The maximum absolute atomic E-state index is 13.4. The van der Waals surface area contributed by atoms with Gasteiger partial charge in [0.25, 0.3) is 0 Å². The van der Waals surface area contributed by atoms with Gasteiger partial charge in [0, 0.05) is 18.7 Å². The molecule has 1 aromatic rings. The molecule has 1 atom stereocenters. The van der Waals surface area contributed by atoms with Crippen LogP contribution in [0.5, 0.6) is 5.75 Å². The van der Waals surface area contributed by atoms with E-state index in [4.69, 9.17) is 27.9 Å². The van der Waals surface area contributed by atoms with E-state index < -0.39 is 11.8 Å². The van der Waals surface area contributed by atoms with E-state index in [1.165, 1.54) is 13.0 Å². The number of hydrogen-bond donors (Lipinski definition) is 0. The molecular weight excluding hydrogens is 350 g/mol. The minimum atomic E-state index is -4.52. The van der Waals surface area contributed by atoms with Crippen molar-refractivity contribution in [3.63, 3.8) is 0 Å². The molecule has 126 valence electrons. The molecule has 3 rings (SSSR count). The van der Waals surface area contributed by atoms with Gasteiger partial charge in [0.2, 0.25) is 5.60 Å². The molecule has 7 heteroatoms. The molecule has 0 radical (unpaired) electrons. The molecule has 0 spiro atoms. The van der Waals surface area contributed by atoms with Crippen LogP contribution in [0.1, 0.15) is 31.7 Å². The van der Waals surface area contributed by atoms with Crippen molar-refractivity contribution in [1.29, 1.82) is 0 Å². The molecule has 0 amide bonds. The van der Waals surface area contributed by atoms with E-state index >= 15 is 0 Å². The second-order valence-corrected chi connectivity index (χ2v) is 6.59. The van der Waals surface area contributed by atoms with E-state index in [9.17, 15) is 13.2 Å². The lowest BCUT2D eigenvalue weighted by atomic mass is 9.94. The molecule has 23 heavy (non-hydrogen) atoms. The summed E-state index contributed by atoms with van der Waals surface area (Å²) in [6.45, 7) is 3.01. The average molecular weight is 366 g/mol. The summed E-state index contributed by atoms with van der Waals surface area (Å²) in [5.74, 6) is 0.0552. The average Bonchev–Trinajstić information content (AvgIpc) is 3.00. The van der Waals surface area contributed by atoms with Crippen LogP contribution in [0.15, 0.2) is 12.1 Å². The Labute approximate surface area is 142 Å². The standard InChI is InChI=1S/C16H16Cl2F3NO/c1-2-15(16(19,20)21)6-5-10-9-11(17)13(12(18)14(10)23-15)22-7-3-4-8-22/h5-6,9H,2-4,7-8H2,1H3. The maximum atomic E-state index is 13.4. The van der Waals surface area contributed by atoms with Crippen LogP contribution in [0.3, 0.4) is 0 Å². The van der Waals surface area contributed by atoms with Crippen molar-refractivity contribution in [3.05, 3.63) is 27.8 Å². The first-order valence-corrected chi connectivity index (χ1v) is 8.26. The quantitative estimate of drug-likeness (QED) is 0.665. The number of halogens is 5. The third-order valence-electron chi connectivity index (χ3n) is 4.42. The molecule has 2 heterocycles. The van der Waals surface area contributed by atoms with Crippen molar-refractivity contribution in [2.24, 2.45) is 0 Å². The molecule has 1 unspecified atom stereocenters. The second-order valence-electron chi connectivity index (χ2n) is 5.81. The predicted molar refractivity (Wildman–Crippen MR) is 86.6 cm³/mol. The monoisotopic (exact) mass is 365 g/mol. The van der Waals surface area contributed by atoms with E-state index in [2.05, 4.69) is 0 Å². The number of fused-ring (bicyclic) bond motifs is 1. The summed E-state index contributed by atoms with van der Waals surface area (Å²) in [5.41, 5.74) is -1.32. The smallest absolute Gasteiger partial charge is 0.432 e. The molecule has 2 nitrogen and oxygen atoms in total. The van der Waals surface area contributed by atoms with Crippen LogP contribution < -0.4 is 9.64 Å². The van der Waals surface area contributed by atoms with Gasteiger partial charge in [-0.1, -0.05) is 36.2 Å². The summed E-state index contributed by atoms with van der Waals surface area (Å²) < 4.78 is 45.7. The number of nitrogens with zero attached hydrogens (tertiary/aromatic N) is 1. The molecular formula is C16H16Cl2F3NO. The van der Waals surface area contributed by atoms with E-state index in [1.54, 1.807) is 6.07 Å². The van der Waals surface area contributed by atoms with Crippen molar-refractivity contribution >= 4 is 35.0 Å². The minimum Gasteiger partial charge on any atom is -0.471 e. The Hall–Kier alpha value is -1.07. The summed E-state index contributed by atoms with van der Waals surface area (Å²) in [4.78, 5) is 1.99. The molecule has 0 aliphatic carbocycles. The molecule has 0 aromatic heterocycles. The normalized spacial score (nSPS) is 23.8. The van der Waals surface area contributed by atoms with Crippen molar-refractivity contribution < 1.29 is 17.9 Å². The van der Waals surface area contributed by atoms with E-state index in [-0.39, 0.29) is 17.2 Å². The van der Waals surface area contributed by atoms with Gasteiger partial charge in [0.1, 0.15) is 10.8 Å². The van der Waals surface area contributed by atoms with Crippen LogP contribution in [0.25, 0.3) is 6.08 Å². The minimum absolute atomic E-state index is 0.0552. The number of benzene rings is 1. The molecule has 1 aromatic carbocycles. The number of alkyl halides is 3. The van der Waals surface area contributed by atoms with E-state index in [0.717, 1.165) is 32.0 Å². The highest BCUT2D eigenvalue weighted by Crippen LogP contribution is 2.50. The lowest BCUT2D eigenvalue weighted by molar-refractivity contribution is -0.230. The van der Waals surface area contributed by atoms with E-state index in [1.807, 2.05) is 4.90 Å². The lowest BCUT2D eigenvalue weighted by Crippen LogP contribution is -2.49. The van der Waals surface area contributed by atoms with Crippen LogP contribution in [0.2, 0.25) is 10.0 Å². The molecule has 0 N–H and O–H groups in total. The number of anilines is 1. The summed E-state index contributed by atoms with van der Waals surface area (Å²) in [6.07, 6.45) is -0.312. The van der Waals surface area contributed by atoms with Gasteiger partial charge in [-0.05, 0) is 31.4 Å². The molecule has 1 fully saturated rings. The van der Waals surface area contributed by atoms with Gasteiger partial charge < -0.3 is 9.64 Å². The third-order valence-corrected chi connectivity index (χ3v) is 5.06. The van der Waals surface area contributed by atoms with Crippen molar-refractivity contribution in [1.82, 2.24) is 0 Å². The summed E-state index contributed by atoms with van der Waals surface area (Å²) in [5, 5.41) is 0.584. The zero-order valence-electron chi connectivity index (χ0n) is 12.5. The Kier molecular flexibility index (Phi) is 4.21. The molecule has 2 aliphatic rings. The zero-order valence-corrected chi connectivity index (χ0v) is 14.0. The fourth-order valence-electron chi connectivity index (χ4n) is 3.05. The molecule has 0 bridgehead atoms. The molecule has 2 aliphatic heterocycles. The van der Waals surface area contributed by atoms with Gasteiger partial charge in [0.05, 0.1) is 10.7 Å². The molecule has 1 saturated heterocycles. The van der Waals surface area contributed by atoms with Gasteiger partial charge in [-0.2, -0.15) is 13.2 Å². The lowest BCUT2D eigenvalue weighted by Gasteiger charge is -2.37.